The Hall–Kier alpha value is -4.07. The van der Waals surface area contributed by atoms with Crippen molar-refractivity contribution in [1.82, 2.24) is 5.16 Å². The van der Waals surface area contributed by atoms with E-state index < -0.39 is 17.7 Å². The lowest BCUT2D eigenvalue weighted by Crippen LogP contribution is -2.29. The third-order valence-corrected chi connectivity index (χ3v) is 5.87. The molecule has 36 heavy (non-hydrogen) atoms. The van der Waals surface area contributed by atoms with Crippen molar-refractivity contribution in [2.75, 3.05) is 18.1 Å². The third-order valence-electron chi connectivity index (χ3n) is 5.87. The van der Waals surface area contributed by atoms with E-state index in [0.717, 1.165) is 19.3 Å². The predicted molar refractivity (Wildman–Crippen MR) is 135 cm³/mol. The molecule has 1 amide bonds. The Morgan fingerprint density at radius 1 is 0.972 bits per heavy atom. The Labute approximate surface area is 210 Å². The molecule has 1 aliphatic heterocycles. The highest BCUT2D eigenvalue weighted by atomic mass is 16.5. The molecule has 0 aliphatic carbocycles. The molecule has 1 fully saturated rings. The molecule has 0 spiro atoms. The van der Waals surface area contributed by atoms with Gasteiger partial charge in [0, 0.05) is 11.6 Å². The van der Waals surface area contributed by atoms with Crippen molar-refractivity contribution in [3.8, 4) is 11.5 Å². The van der Waals surface area contributed by atoms with Crippen molar-refractivity contribution in [2.24, 2.45) is 0 Å². The molecule has 1 N–H and O–H groups in total. The molecule has 188 valence electrons. The first-order valence-electron chi connectivity index (χ1n) is 12.1. The first-order chi connectivity index (χ1) is 17.4. The molecule has 0 radical (unpaired) electrons. The monoisotopic (exact) mass is 490 g/mol. The van der Waals surface area contributed by atoms with E-state index in [2.05, 4.69) is 12.1 Å². The van der Waals surface area contributed by atoms with Crippen molar-refractivity contribution < 1.29 is 28.7 Å². The molecule has 1 saturated heterocycles. The number of anilines is 1. The van der Waals surface area contributed by atoms with Gasteiger partial charge < -0.3 is 19.1 Å². The van der Waals surface area contributed by atoms with Gasteiger partial charge in [-0.1, -0.05) is 37.6 Å². The number of nitrogens with zero attached hydrogens (tertiary/aromatic N) is 2. The fourth-order valence-electron chi connectivity index (χ4n) is 4.02. The van der Waals surface area contributed by atoms with Crippen molar-refractivity contribution in [3.63, 3.8) is 0 Å². The summed E-state index contributed by atoms with van der Waals surface area (Å²) < 4.78 is 16.5. The van der Waals surface area contributed by atoms with E-state index in [9.17, 15) is 14.7 Å². The largest absolute Gasteiger partial charge is 0.507 e. The van der Waals surface area contributed by atoms with Crippen molar-refractivity contribution in [2.45, 2.75) is 46.1 Å². The van der Waals surface area contributed by atoms with Gasteiger partial charge in [0.25, 0.3) is 5.78 Å². The lowest BCUT2D eigenvalue weighted by molar-refractivity contribution is -0.132. The lowest BCUT2D eigenvalue weighted by Gasteiger charge is -2.23. The molecule has 2 aromatic carbocycles. The highest BCUT2D eigenvalue weighted by molar-refractivity contribution is 6.51. The van der Waals surface area contributed by atoms with Crippen LogP contribution in [0.15, 0.2) is 64.7 Å². The van der Waals surface area contributed by atoms with E-state index in [1.54, 1.807) is 61.5 Å². The van der Waals surface area contributed by atoms with Crippen LogP contribution < -0.4 is 14.4 Å². The van der Waals surface area contributed by atoms with Crippen LogP contribution in [0.5, 0.6) is 11.5 Å². The number of amides is 1. The average molecular weight is 491 g/mol. The minimum atomic E-state index is -0.893. The number of carbonyl (C=O) groups excluding carboxylic acids is 2. The summed E-state index contributed by atoms with van der Waals surface area (Å²) in [5, 5.41) is 15.2. The molecule has 2 heterocycles. The minimum absolute atomic E-state index is 0.0254. The molecule has 0 saturated carbocycles. The quantitative estimate of drug-likeness (QED) is 0.171. The van der Waals surface area contributed by atoms with E-state index in [4.69, 9.17) is 14.0 Å². The number of benzene rings is 2. The maximum atomic E-state index is 13.2. The van der Waals surface area contributed by atoms with Gasteiger partial charge in [0.15, 0.2) is 5.82 Å². The summed E-state index contributed by atoms with van der Waals surface area (Å²) in [6, 6.07) is 14.6. The van der Waals surface area contributed by atoms with E-state index >= 15 is 0 Å². The molecular weight excluding hydrogens is 460 g/mol. The molecule has 3 aromatic rings. The molecule has 1 aliphatic rings. The molecule has 0 unspecified atom stereocenters. The third kappa shape index (κ3) is 5.12. The van der Waals surface area contributed by atoms with Gasteiger partial charge in [0.2, 0.25) is 0 Å². The zero-order chi connectivity index (χ0) is 25.7. The number of aliphatic hydroxyl groups excluding tert-OH is 1. The normalized spacial score (nSPS) is 17.0. The van der Waals surface area contributed by atoms with E-state index in [1.165, 1.54) is 4.90 Å². The van der Waals surface area contributed by atoms with Crippen molar-refractivity contribution in [1.29, 1.82) is 0 Å². The van der Waals surface area contributed by atoms with Gasteiger partial charge in [-0.05, 0) is 61.7 Å². The number of ketones is 1. The number of Topliss-reactive ketones (excluding diaryl/α,β-unsaturated/α-hetero) is 1. The summed E-state index contributed by atoms with van der Waals surface area (Å²) in [5.74, 6) is 0.171. The summed E-state index contributed by atoms with van der Waals surface area (Å²) in [4.78, 5) is 27.7. The van der Waals surface area contributed by atoms with Crippen LogP contribution in [0.1, 0.15) is 56.0 Å². The first-order valence-corrected chi connectivity index (χ1v) is 12.1. The number of aliphatic hydroxyl groups is 1. The molecular formula is C28H30N2O6. The van der Waals surface area contributed by atoms with Gasteiger partial charge in [0.1, 0.15) is 23.0 Å². The molecule has 0 bridgehead atoms. The van der Waals surface area contributed by atoms with Crippen LogP contribution in [0.3, 0.4) is 0 Å². The zero-order valence-electron chi connectivity index (χ0n) is 20.7. The summed E-state index contributed by atoms with van der Waals surface area (Å²) in [6.07, 6.45) is 2.83. The van der Waals surface area contributed by atoms with Crippen LogP contribution in [0.25, 0.3) is 5.76 Å². The van der Waals surface area contributed by atoms with Crippen LogP contribution in [0, 0.1) is 6.92 Å². The van der Waals surface area contributed by atoms with Gasteiger partial charge in [0.05, 0.1) is 24.8 Å². The molecule has 1 atom stereocenters. The topological polar surface area (TPSA) is 102 Å². The van der Waals surface area contributed by atoms with Gasteiger partial charge in [-0.25, -0.2) is 0 Å². The Morgan fingerprint density at radius 3 is 2.19 bits per heavy atom. The standard InChI is InChI=1S/C28H30N2O6/c1-4-6-16-35-22-11-7-19(8-12-22)25-24(26(31)20-9-13-21(14-10-20)34-15-5-2)27(32)28(33)30(25)23-17-18(3)36-29-23/h7-14,17,25,31H,4-6,15-16H2,1-3H3/t25-/m1/s1. The SMILES string of the molecule is CCCCOc1ccc([C@@H]2C(=C(O)c3ccc(OCCC)cc3)C(=O)C(=O)N2c2cc(C)on2)cc1. The second-order valence-electron chi connectivity index (χ2n) is 8.61. The smallest absolute Gasteiger partial charge is 0.301 e. The summed E-state index contributed by atoms with van der Waals surface area (Å²) in [7, 11) is 0. The summed E-state index contributed by atoms with van der Waals surface area (Å²) in [5.41, 5.74) is 1.00. The van der Waals surface area contributed by atoms with Crippen LogP contribution in [-0.4, -0.2) is 35.2 Å². The fraction of sp³-hybridized carbons (Fsp3) is 0.321. The molecule has 4 rings (SSSR count). The second-order valence-corrected chi connectivity index (χ2v) is 8.61. The minimum Gasteiger partial charge on any atom is -0.507 e. The summed E-state index contributed by atoms with van der Waals surface area (Å²) in [6.45, 7) is 6.98. The number of carbonyl (C=O) groups is 2. The number of aromatic nitrogens is 1. The summed E-state index contributed by atoms with van der Waals surface area (Å²) >= 11 is 0. The highest BCUT2D eigenvalue weighted by Crippen LogP contribution is 2.42. The first kappa shape index (κ1) is 25.0. The average Bonchev–Trinajstić information content (AvgIpc) is 3.43. The number of ether oxygens (including phenoxy) is 2. The number of hydrogen-bond acceptors (Lipinski definition) is 7. The Kier molecular flexibility index (Phi) is 7.73. The van der Waals surface area contributed by atoms with Crippen molar-refractivity contribution in [3.05, 3.63) is 77.1 Å². The van der Waals surface area contributed by atoms with Gasteiger partial charge >= 0.3 is 5.91 Å². The van der Waals surface area contributed by atoms with Gasteiger partial charge in [-0.2, -0.15) is 0 Å². The number of hydrogen-bond donors (Lipinski definition) is 1. The molecule has 1 aromatic heterocycles. The fourth-order valence-corrected chi connectivity index (χ4v) is 4.02. The number of unbranched alkanes of at least 4 members (excludes halogenated alkanes) is 1. The number of aryl methyl sites for hydroxylation is 1. The van der Waals surface area contributed by atoms with Crippen LogP contribution in [0.2, 0.25) is 0 Å². The predicted octanol–water partition coefficient (Wildman–Crippen LogP) is 5.58. The Balaban J connectivity index is 1.76. The second kappa shape index (κ2) is 11.1. The van der Waals surface area contributed by atoms with Crippen LogP contribution in [-0.2, 0) is 9.59 Å². The highest BCUT2D eigenvalue weighted by Gasteiger charge is 2.48. The maximum Gasteiger partial charge on any atom is 0.301 e. The van der Waals surface area contributed by atoms with E-state index in [-0.39, 0.29) is 17.2 Å². The lowest BCUT2D eigenvalue weighted by atomic mass is 9.95. The zero-order valence-corrected chi connectivity index (χ0v) is 20.7. The maximum absolute atomic E-state index is 13.2. The molecule has 8 nitrogen and oxygen atoms in total. The van der Waals surface area contributed by atoms with E-state index in [1.807, 2.05) is 6.92 Å². The van der Waals surface area contributed by atoms with Gasteiger partial charge in [-0.3, -0.25) is 14.5 Å². The van der Waals surface area contributed by atoms with Crippen LogP contribution in [0.4, 0.5) is 5.82 Å². The Bertz CT molecular complexity index is 1240. The Morgan fingerprint density at radius 2 is 1.61 bits per heavy atom. The van der Waals surface area contributed by atoms with E-state index in [0.29, 0.717) is 41.6 Å². The van der Waals surface area contributed by atoms with Crippen LogP contribution >= 0.6 is 0 Å². The van der Waals surface area contributed by atoms with Crippen molar-refractivity contribution >= 4 is 23.3 Å². The van der Waals surface area contributed by atoms with Gasteiger partial charge in [-0.15, -0.1) is 0 Å². The number of rotatable bonds is 10. The molecule has 8 heteroatoms.